The van der Waals surface area contributed by atoms with Crippen LogP contribution in [0.2, 0.25) is 0 Å². The van der Waals surface area contributed by atoms with Crippen LogP contribution in [0, 0.1) is 21.4 Å². The Morgan fingerprint density at radius 1 is 1.12 bits per heavy atom. The van der Waals surface area contributed by atoms with E-state index in [1.165, 1.54) is 6.07 Å². The van der Waals surface area contributed by atoms with Gasteiger partial charge in [0.05, 0.1) is 4.92 Å². The van der Waals surface area contributed by atoms with Crippen molar-refractivity contribution < 1.29 is 9.34 Å². The van der Waals surface area contributed by atoms with Crippen LogP contribution in [-0.2, 0) is 13.1 Å². The van der Waals surface area contributed by atoms with Crippen molar-refractivity contribution in [3.8, 4) is 17.5 Å². The third-order valence-corrected chi connectivity index (χ3v) is 4.17. The Morgan fingerprint density at radius 2 is 1.73 bits per heavy atom. The van der Waals surface area contributed by atoms with E-state index < -0.39 is 4.92 Å². The summed E-state index contributed by atoms with van der Waals surface area (Å²) in [7, 11) is 0. The van der Waals surface area contributed by atoms with Crippen molar-refractivity contribution in [1.82, 2.24) is 4.98 Å². The summed E-state index contributed by atoms with van der Waals surface area (Å²) in [6.07, 6.45) is 0. The van der Waals surface area contributed by atoms with Gasteiger partial charge in [0.1, 0.15) is 11.6 Å². The number of nitro benzene ring substituents is 1. The van der Waals surface area contributed by atoms with Gasteiger partial charge >= 0.3 is 0 Å². The number of hydrogen-bond acceptors (Lipinski definition) is 6. The summed E-state index contributed by atoms with van der Waals surface area (Å²) in [6.45, 7) is 1.22. The fraction of sp³-hybridized carbons (Fsp3) is 0.111. The van der Waals surface area contributed by atoms with E-state index in [1.807, 2.05) is 35.2 Å². The van der Waals surface area contributed by atoms with Crippen LogP contribution in [0.25, 0.3) is 11.5 Å². The first-order chi connectivity index (χ1) is 12.2. The van der Waals surface area contributed by atoms with Gasteiger partial charge in [0, 0.05) is 19.2 Å². The van der Waals surface area contributed by atoms with Gasteiger partial charge in [-0.2, -0.15) is 10.2 Å². The molecule has 0 aliphatic carbocycles. The minimum atomic E-state index is -0.489. The van der Waals surface area contributed by atoms with Crippen LogP contribution in [0.1, 0.15) is 16.8 Å². The lowest BCUT2D eigenvalue weighted by molar-refractivity contribution is -0.384. The Hall–Kier alpha value is -3.37. The van der Waals surface area contributed by atoms with E-state index in [4.69, 9.17) is 4.42 Å². The molecule has 0 unspecified atom stereocenters. The molecule has 3 aromatic rings. The van der Waals surface area contributed by atoms with E-state index in [0.717, 1.165) is 11.1 Å². The number of oxazole rings is 1. The van der Waals surface area contributed by atoms with Gasteiger partial charge in [0.15, 0.2) is 0 Å². The number of fused-ring (bicyclic) bond motifs is 1. The van der Waals surface area contributed by atoms with E-state index in [-0.39, 0.29) is 35.2 Å². The van der Waals surface area contributed by atoms with Gasteiger partial charge in [-0.1, -0.05) is 36.4 Å². The molecule has 2 aromatic carbocycles. The van der Waals surface area contributed by atoms with Crippen LogP contribution in [-0.4, -0.2) is 9.91 Å². The number of anilines is 1. The number of halogens is 1. The zero-order valence-electron chi connectivity index (χ0n) is 13.5. The van der Waals surface area contributed by atoms with Crippen LogP contribution < -0.4 is 4.90 Å². The zero-order chi connectivity index (χ0) is 17.4. The summed E-state index contributed by atoms with van der Waals surface area (Å²) in [4.78, 5) is 16.8. The molecule has 0 radical (unpaired) electrons. The number of hydrogen-bond donors (Lipinski definition) is 0. The van der Waals surface area contributed by atoms with Crippen LogP contribution in [0.5, 0.6) is 0 Å². The molecular formula is C18H13ClN4O3. The van der Waals surface area contributed by atoms with Crippen molar-refractivity contribution in [1.29, 1.82) is 5.26 Å². The molecule has 0 amide bonds. The lowest BCUT2D eigenvalue weighted by Gasteiger charge is -2.13. The molecule has 0 fully saturated rings. The van der Waals surface area contributed by atoms with Crippen molar-refractivity contribution in [2.24, 2.45) is 0 Å². The Kier molecular flexibility index (Phi) is 4.61. The fourth-order valence-electron chi connectivity index (χ4n) is 3.00. The number of rotatable bonds is 3. The second-order valence-electron chi connectivity index (χ2n) is 5.68. The number of nitro groups is 1. The van der Waals surface area contributed by atoms with E-state index >= 15 is 0 Å². The highest BCUT2D eigenvalue weighted by molar-refractivity contribution is 5.85. The predicted octanol–water partition coefficient (Wildman–Crippen LogP) is 4.06. The van der Waals surface area contributed by atoms with Gasteiger partial charge in [0.2, 0.25) is 17.5 Å². The normalized spacial score (nSPS) is 12.2. The molecule has 8 heteroatoms. The first-order valence-corrected chi connectivity index (χ1v) is 7.64. The molecule has 1 aromatic heterocycles. The van der Waals surface area contributed by atoms with Gasteiger partial charge in [0.25, 0.3) is 5.69 Å². The van der Waals surface area contributed by atoms with Crippen molar-refractivity contribution >= 4 is 24.0 Å². The van der Waals surface area contributed by atoms with Gasteiger partial charge in [-0.15, -0.1) is 12.4 Å². The van der Waals surface area contributed by atoms with Crippen LogP contribution in [0.15, 0.2) is 52.9 Å². The summed E-state index contributed by atoms with van der Waals surface area (Å²) < 4.78 is 5.79. The summed E-state index contributed by atoms with van der Waals surface area (Å²) in [5.74, 6) is 0.418. The quantitative estimate of drug-likeness (QED) is 0.510. The summed E-state index contributed by atoms with van der Waals surface area (Å²) >= 11 is 0. The Labute approximate surface area is 155 Å². The average Bonchev–Trinajstić information content (AvgIpc) is 3.25. The van der Waals surface area contributed by atoms with Crippen molar-refractivity contribution in [3.63, 3.8) is 0 Å². The second kappa shape index (κ2) is 6.86. The lowest BCUT2D eigenvalue weighted by atomic mass is 10.1. The molecule has 7 nitrogen and oxygen atoms in total. The van der Waals surface area contributed by atoms with Crippen LogP contribution in [0.3, 0.4) is 0 Å². The summed E-state index contributed by atoms with van der Waals surface area (Å²) in [5.41, 5.74) is 2.60. The number of benzene rings is 2. The summed E-state index contributed by atoms with van der Waals surface area (Å²) in [6, 6.07) is 16.2. The van der Waals surface area contributed by atoms with Crippen molar-refractivity contribution in [2.45, 2.75) is 13.1 Å². The third kappa shape index (κ3) is 2.87. The van der Waals surface area contributed by atoms with E-state index in [0.29, 0.717) is 19.0 Å². The monoisotopic (exact) mass is 368 g/mol. The van der Waals surface area contributed by atoms with Gasteiger partial charge in [-0.3, -0.25) is 10.1 Å². The van der Waals surface area contributed by atoms with Crippen molar-refractivity contribution in [2.75, 3.05) is 4.90 Å². The topological polar surface area (TPSA) is 96.2 Å². The highest BCUT2D eigenvalue weighted by Crippen LogP contribution is 2.36. The maximum atomic E-state index is 11.2. The predicted molar refractivity (Wildman–Crippen MR) is 96.9 cm³/mol. The fourth-order valence-corrected chi connectivity index (χ4v) is 3.00. The molecule has 0 spiro atoms. The first-order valence-electron chi connectivity index (χ1n) is 7.64. The Bertz CT molecular complexity index is 1000. The van der Waals surface area contributed by atoms with E-state index in [1.54, 1.807) is 18.2 Å². The van der Waals surface area contributed by atoms with Crippen molar-refractivity contribution in [3.05, 3.63) is 75.5 Å². The van der Waals surface area contributed by atoms with Gasteiger partial charge in [-0.05, 0) is 17.2 Å². The summed E-state index contributed by atoms with van der Waals surface area (Å²) in [5, 5.41) is 20.6. The van der Waals surface area contributed by atoms with E-state index in [9.17, 15) is 15.4 Å². The standard InChI is InChI=1S/C18H12N4O3.ClH/c19-9-15-18(21-10-12-5-1-2-6-13(12)11-21)25-17(20-15)14-7-3-4-8-16(14)22(23)24;/h1-8H,10-11H2;1H. The molecule has 4 rings (SSSR count). The number of aromatic nitrogens is 1. The van der Waals surface area contributed by atoms with Gasteiger partial charge in [-0.25, -0.2) is 0 Å². The SMILES string of the molecule is Cl.N#Cc1nc(-c2ccccc2[N+](=O)[O-])oc1N1Cc2ccccc2C1. The molecule has 0 bridgehead atoms. The minimum absolute atomic E-state index is 0. The molecular weight excluding hydrogens is 356 g/mol. The van der Waals surface area contributed by atoms with E-state index in [2.05, 4.69) is 4.98 Å². The van der Waals surface area contributed by atoms with Crippen LogP contribution >= 0.6 is 12.4 Å². The second-order valence-corrected chi connectivity index (χ2v) is 5.68. The Morgan fingerprint density at radius 3 is 2.35 bits per heavy atom. The molecule has 26 heavy (non-hydrogen) atoms. The molecule has 0 N–H and O–H groups in total. The minimum Gasteiger partial charge on any atom is -0.419 e. The Balaban J connectivity index is 0.00000196. The largest absolute Gasteiger partial charge is 0.419 e. The first kappa shape index (κ1) is 17.5. The molecule has 0 saturated carbocycles. The van der Waals surface area contributed by atoms with Crippen LogP contribution in [0.4, 0.5) is 11.6 Å². The highest BCUT2D eigenvalue weighted by atomic mass is 35.5. The average molecular weight is 369 g/mol. The maximum absolute atomic E-state index is 11.2. The molecule has 1 aliphatic heterocycles. The highest BCUT2D eigenvalue weighted by Gasteiger charge is 2.28. The molecule has 2 heterocycles. The maximum Gasteiger partial charge on any atom is 0.282 e. The smallest absolute Gasteiger partial charge is 0.282 e. The number of nitrogens with zero attached hydrogens (tertiary/aromatic N) is 4. The number of nitriles is 1. The third-order valence-electron chi connectivity index (χ3n) is 4.17. The number of para-hydroxylation sites is 1. The van der Waals surface area contributed by atoms with Gasteiger partial charge < -0.3 is 9.32 Å². The lowest BCUT2D eigenvalue weighted by Crippen LogP contribution is -2.14. The molecule has 0 atom stereocenters. The molecule has 1 aliphatic rings. The molecule has 0 saturated heterocycles. The zero-order valence-corrected chi connectivity index (χ0v) is 14.3. The molecule has 130 valence electrons.